The van der Waals surface area contributed by atoms with Crippen LogP contribution >= 0.6 is 0 Å². The average molecular weight is 300 g/mol. The molecule has 0 bridgehead atoms. The highest BCUT2D eigenvalue weighted by atomic mass is 16.5. The number of esters is 1. The lowest BCUT2D eigenvalue weighted by atomic mass is 9.79. The van der Waals surface area contributed by atoms with Crippen molar-refractivity contribution in [3.63, 3.8) is 0 Å². The first-order chi connectivity index (χ1) is 10.4. The fourth-order valence-electron chi connectivity index (χ4n) is 2.80. The van der Waals surface area contributed by atoms with Crippen LogP contribution in [0.3, 0.4) is 0 Å². The Kier molecular flexibility index (Phi) is 4.51. The van der Waals surface area contributed by atoms with Gasteiger partial charge >= 0.3 is 5.97 Å². The van der Waals surface area contributed by atoms with Crippen LogP contribution in [0.4, 0.5) is 0 Å². The molecule has 1 aromatic rings. The molecule has 0 spiro atoms. The first kappa shape index (κ1) is 16.0. The Morgan fingerprint density at radius 2 is 1.91 bits per heavy atom. The molecule has 116 valence electrons. The van der Waals surface area contributed by atoms with E-state index in [1.165, 1.54) is 7.11 Å². The minimum absolute atomic E-state index is 0.0439. The molecule has 1 aliphatic rings. The summed E-state index contributed by atoms with van der Waals surface area (Å²) >= 11 is 0. The molecule has 1 saturated heterocycles. The van der Waals surface area contributed by atoms with Crippen LogP contribution in [0.2, 0.25) is 0 Å². The molecule has 1 aromatic carbocycles. The highest BCUT2D eigenvalue weighted by Crippen LogP contribution is 2.33. The molecular formula is C17H20N2O3. The van der Waals surface area contributed by atoms with E-state index in [0.29, 0.717) is 31.5 Å². The molecule has 0 aromatic heterocycles. The van der Waals surface area contributed by atoms with Crippen molar-refractivity contribution in [2.24, 2.45) is 5.41 Å². The number of piperidine rings is 1. The molecule has 1 heterocycles. The smallest absolute Gasteiger partial charge is 0.326 e. The molecule has 0 saturated carbocycles. The molecule has 2 rings (SSSR count). The first-order valence-corrected chi connectivity index (χ1v) is 7.30. The summed E-state index contributed by atoms with van der Waals surface area (Å²) in [5.74, 6) is -0.550. The second-order valence-electron chi connectivity index (χ2n) is 5.73. The van der Waals surface area contributed by atoms with Gasteiger partial charge in [0.1, 0.15) is 0 Å². The minimum atomic E-state index is -1.12. The SMILES string of the molecule is COC(=O)C1(C#N)CCN(C(=O)c2cccc(C)c2C)CC1. The summed E-state index contributed by atoms with van der Waals surface area (Å²) in [7, 11) is 1.29. The van der Waals surface area contributed by atoms with Crippen molar-refractivity contribution in [2.75, 3.05) is 20.2 Å². The van der Waals surface area contributed by atoms with Crippen molar-refractivity contribution < 1.29 is 14.3 Å². The molecule has 1 fully saturated rings. The van der Waals surface area contributed by atoms with Crippen molar-refractivity contribution in [1.82, 2.24) is 4.90 Å². The second-order valence-corrected chi connectivity index (χ2v) is 5.73. The number of carbonyl (C=O) groups excluding carboxylic acids is 2. The van der Waals surface area contributed by atoms with E-state index in [1.54, 1.807) is 4.90 Å². The molecule has 0 atom stereocenters. The number of aryl methyl sites for hydroxylation is 1. The van der Waals surface area contributed by atoms with Crippen molar-refractivity contribution >= 4 is 11.9 Å². The fourth-order valence-corrected chi connectivity index (χ4v) is 2.80. The van der Waals surface area contributed by atoms with Crippen molar-refractivity contribution in [2.45, 2.75) is 26.7 Å². The predicted octanol–water partition coefficient (Wildman–Crippen LogP) is 2.22. The largest absolute Gasteiger partial charge is 0.468 e. The Balaban J connectivity index is 2.15. The first-order valence-electron chi connectivity index (χ1n) is 7.30. The quantitative estimate of drug-likeness (QED) is 0.785. The highest BCUT2D eigenvalue weighted by molar-refractivity contribution is 5.96. The molecule has 0 unspecified atom stereocenters. The summed E-state index contributed by atoms with van der Waals surface area (Å²) in [6, 6.07) is 7.73. The third-order valence-electron chi connectivity index (χ3n) is 4.53. The lowest BCUT2D eigenvalue weighted by molar-refractivity contribution is -0.151. The number of nitriles is 1. The summed E-state index contributed by atoms with van der Waals surface area (Å²) in [6.45, 7) is 4.67. The van der Waals surface area contributed by atoms with E-state index in [2.05, 4.69) is 6.07 Å². The zero-order valence-electron chi connectivity index (χ0n) is 13.2. The molecule has 0 radical (unpaired) electrons. The van der Waals surface area contributed by atoms with Gasteiger partial charge in [0, 0.05) is 18.7 Å². The van der Waals surface area contributed by atoms with Gasteiger partial charge in [-0.3, -0.25) is 9.59 Å². The Labute approximate surface area is 130 Å². The van der Waals surface area contributed by atoms with Crippen LogP contribution in [0.25, 0.3) is 0 Å². The number of amides is 1. The van der Waals surface area contributed by atoms with Gasteiger partial charge in [0.05, 0.1) is 13.2 Å². The Bertz CT molecular complexity index is 638. The summed E-state index contributed by atoms with van der Waals surface area (Å²) in [4.78, 5) is 26.2. The van der Waals surface area contributed by atoms with E-state index in [-0.39, 0.29) is 5.91 Å². The monoisotopic (exact) mass is 300 g/mol. The Hall–Kier alpha value is -2.35. The van der Waals surface area contributed by atoms with Gasteiger partial charge in [-0.05, 0) is 43.9 Å². The van der Waals surface area contributed by atoms with Gasteiger partial charge in [0.25, 0.3) is 5.91 Å². The van der Waals surface area contributed by atoms with Crippen molar-refractivity contribution in [3.8, 4) is 6.07 Å². The number of ether oxygens (including phenoxy) is 1. The molecule has 0 N–H and O–H groups in total. The number of methoxy groups -OCH3 is 1. The molecule has 0 aliphatic carbocycles. The van der Waals surface area contributed by atoms with Gasteiger partial charge in [-0.15, -0.1) is 0 Å². The summed E-state index contributed by atoms with van der Waals surface area (Å²) in [5.41, 5.74) is 1.61. The molecular weight excluding hydrogens is 280 g/mol. The van der Waals surface area contributed by atoms with E-state index in [0.717, 1.165) is 11.1 Å². The predicted molar refractivity (Wildman–Crippen MR) is 81.1 cm³/mol. The summed E-state index contributed by atoms with van der Waals surface area (Å²) in [6.07, 6.45) is 0.625. The number of benzene rings is 1. The zero-order valence-corrected chi connectivity index (χ0v) is 13.2. The Morgan fingerprint density at radius 1 is 1.27 bits per heavy atom. The maximum absolute atomic E-state index is 12.6. The van der Waals surface area contributed by atoms with Gasteiger partial charge in [-0.1, -0.05) is 12.1 Å². The fraction of sp³-hybridized carbons (Fsp3) is 0.471. The summed E-state index contributed by atoms with van der Waals surface area (Å²) in [5, 5.41) is 9.31. The van der Waals surface area contributed by atoms with Crippen molar-refractivity contribution in [1.29, 1.82) is 5.26 Å². The Morgan fingerprint density at radius 3 is 2.45 bits per heavy atom. The topological polar surface area (TPSA) is 70.4 Å². The number of carbonyl (C=O) groups is 2. The van der Waals surface area contributed by atoms with Crippen LogP contribution in [-0.4, -0.2) is 37.0 Å². The average Bonchev–Trinajstić information content (AvgIpc) is 2.56. The third kappa shape index (κ3) is 2.69. The normalized spacial score (nSPS) is 16.7. The molecule has 1 aliphatic heterocycles. The van der Waals surface area contributed by atoms with Crippen LogP contribution < -0.4 is 0 Å². The number of rotatable bonds is 2. The van der Waals surface area contributed by atoms with Crippen LogP contribution in [0.1, 0.15) is 34.3 Å². The van der Waals surface area contributed by atoms with Gasteiger partial charge < -0.3 is 9.64 Å². The van der Waals surface area contributed by atoms with Crippen LogP contribution in [0.5, 0.6) is 0 Å². The van der Waals surface area contributed by atoms with Crippen molar-refractivity contribution in [3.05, 3.63) is 34.9 Å². The van der Waals surface area contributed by atoms with Gasteiger partial charge in [-0.25, -0.2) is 0 Å². The summed E-state index contributed by atoms with van der Waals surface area (Å²) < 4.78 is 4.73. The number of likely N-dealkylation sites (tertiary alicyclic amines) is 1. The van der Waals surface area contributed by atoms with Crippen LogP contribution in [0.15, 0.2) is 18.2 Å². The van der Waals surface area contributed by atoms with E-state index in [4.69, 9.17) is 4.74 Å². The number of nitrogens with zero attached hydrogens (tertiary/aromatic N) is 2. The number of hydrogen-bond acceptors (Lipinski definition) is 4. The molecule has 5 heteroatoms. The zero-order chi connectivity index (χ0) is 16.3. The van der Waals surface area contributed by atoms with Crippen LogP contribution in [0, 0.1) is 30.6 Å². The molecule has 1 amide bonds. The molecule has 22 heavy (non-hydrogen) atoms. The standard InChI is InChI=1S/C17H20N2O3/c1-12-5-4-6-14(13(12)2)15(20)19-9-7-17(11-18,8-10-19)16(21)22-3/h4-6H,7-10H2,1-3H3. The molecule has 5 nitrogen and oxygen atoms in total. The second kappa shape index (κ2) is 6.18. The van der Waals surface area contributed by atoms with Gasteiger partial charge in [-0.2, -0.15) is 5.26 Å². The van der Waals surface area contributed by atoms with Gasteiger partial charge in [0.2, 0.25) is 0 Å². The van der Waals surface area contributed by atoms with Gasteiger partial charge in [0.15, 0.2) is 5.41 Å². The van der Waals surface area contributed by atoms with E-state index >= 15 is 0 Å². The number of hydrogen-bond donors (Lipinski definition) is 0. The highest BCUT2D eigenvalue weighted by Gasteiger charge is 2.44. The maximum Gasteiger partial charge on any atom is 0.326 e. The van der Waals surface area contributed by atoms with E-state index in [9.17, 15) is 14.9 Å². The van der Waals surface area contributed by atoms with E-state index in [1.807, 2.05) is 32.0 Å². The lowest BCUT2D eigenvalue weighted by Crippen LogP contribution is -2.46. The van der Waals surface area contributed by atoms with E-state index < -0.39 is 11.4 Å². The van der Waals surface area contributed by atoms with Crippen LogP contribution in [-0.2, 0) is 9.53 Å². The third-order valence-corrected chi connectivity index (χ3v) is 4.53. The minimum Gasteiger partial charge on any atom is -0.468 e. The lowest BCUT2D eigenvalue weighted by Gasteiger charge is -2.35. The maximum atomic E-state index is 12.6.